The molecule has 0 radical (unpaired) electrons. The van der Waals surface area contributed by atoms with E-state index in [4.69, 9.17) is 10.8 Å². The molecule has 0 saturated carbocycles. The van der Waals surface area contributed by atoms with Crippen molar-refractivity contribution in [2.24, 2.45) is 5.73 Å². The van der Waals surface area contributed by atoms with Gasteiger partial charge in [0.05, 0.1) is 6.10 Å². The van der Waals surface area contributed by atoms with Crippen LogP contribution in [0.3, 0.4) is 0 Å². The molecule has 0 heterocycles. The molecule has 0 bridgehead atoms. The predicted octanol–water partition coefficient (Wildman–Crippen LogP) is -1.22. The highest BCUT2D eigenvalue weighted by atomic mass is 16.3. The van der Waals surface area contributed by atoms with E-state index >= 15 is 0 Å². The van der Waals surface area contributed by atoms with Gasteiger partial charge in [-0.25, -0.2) is 0 Å². The van der Waals surface area contributed by atoms with E-state index in [-0.39, 0.29) is 5.91 Å². The third-order valence-corrected chi connectivity index (χ3v) is 1.25. The Bertz CT molecular complexity index is 123. The Morgan fingerprint density at radius 2 is 2.00 bits per heavy atom. The summed E-state index contributed by atoms with van der Waals surface area (Å²) >= 11 is 0. The summed E-state index contributed by atoms with van der Waals surface area (Å²) in [7, 11) is 3.20. The van der Waals surface area contributed by atoms with E-state index in [1.165, 1.54) is 11.8 Å². The van der Waals surface area contributed by atoms with Crippen LogP contribution in [-0.4, -0.2) is 42.2 Å². The normalized spacial score (nSPS) is 16.1. The molecule has 0 aromatic rings. The number of amides is 1. The second kappa shape index (κ2) is 3.53. The minimum atomic E-state index is -0.796. The van der Waals surface area contributed by atoms with Gasteiger partial charge in [-0.3, -0.25) is 4.79 Å². The number of likely N-dealkylation sites (N-methyl/N-ethyl adjacent to an activating group) is 1. The lowest BCUT2D eigenvalue weighted by molar-refractivity contribution is -0.132. The SMILES string of the molecule is CC(O)[C@@H](N)C(=O)N(C)C. The molecule has 60 valence electrons. The monoisotopic (exact) mass is 146 g/mol. The van der Waals surface area contributed by atoms with Gasteiger partial charge in [0, 0.05) is 14.1 Å². The number of nitrogens with two attached hydrogens (primary N) is 1. The second-order valence-electron chi connectivity index (χ2n) is 2.50. The van der Waals surface area contributed by atoms with E-state index in [0.717, 1.165) is 0 Å². The summed E-state index contributed by atoms with van der Waals surface area (Å²) in [5.74, 6) is -0.255. The van der Waals surface area contributed by atoms with Gasteiger partial charge in [-0.2, -0.15) is 0 Å². The van der Waals surface area contributed by atoms with E-state index in [1.807, 2.05) is 0 Å². The molecule has 1 unspecified atom stereocenters. The number of nitrogens with zero attached hydrogens (tertiary/aromatic N) is 1. The lowest BCUT2D eigenvalue weighted by atomic mass is 10.2. The van der Waals surface area contributed by atoms with Gasteiger partial charge in [0.25, 0.3) is 0 Å². The summed E-state index contributed by atoms with van der Waals surface area (Å²) in [6.45, 7) is 1.49. The Balaban J connectivity index is 3.95. The van der Waals surface area contributed by atoms with E-state index in [2.05, 4.69) is 0 Å². The van der Waals surface area contributed by atoms with Crippen LogP contribution in [-0.2, 0) is 4.79 Å². The van der Waals surface area contributed by atoms with Crippen LogP contribution >= 0.6 is 0 Å². The van der Waals surface area contributed by atoms with Gasteiger partial charge in [-0.05, 0) is 6.92 Å². The maximum atomic E-state index is 10.9. The van der Waals surface area contributed by atoms with Crippen molar-refractivity contribution < 1.29 is 9.90 Å². The zero-order chi connectivity index (χ0) is 8.31. The average Bonchev–Trinajstić information content (AvgIpc) is 1.84. The fourth-order valence-corrected chi connectivity index (χ4v) is 0.504. The number of hydrogen-bond acceptors (Lipinski definition) is 3. The molecule has 0 aliphatic rings. The van der Waals surface area contributed by atoms with E-state index < -0.39 is 12.1 Å². The van der Waals surface area contributed by atoms with E-state index in [9.17, 15) is 4.79 Å². The standard InChI is InChI=1S/C6H14N2O2/c1-4(9)5(7)6(10)8(2)3/h4-5,9H,7H2,1-3H3/t4?,5-/m1/s1. The number of aliphatic hydroxyl groups is 1. The van der Waals surface area contributed by atoms with Gasteiger partial charge in [0.15, 0.2) is 0 Å². The molecule has 4 nitrogen and oxygen atoms in total. The third-order valence-electron chi connectivity index (χ3n) is 1.25. The van der Waals surface area contributed by atoms with Crippen molar-refractivity contribution in [2.75, 3.05) is 14.1 Å². The van der Waals surface area contributed by atoms with Crippen molar-refractivity contribution in [3.8, 4) is 0 Å². The summed E-state index contributed by atoms with van der Waals surface area (Å²) in [6.07, 6.45) is -0.783. The number of carbonyl (C=O) groups is 1. The van der Waals surface area contributed by atoms with Crippen molar-refractivity contribution in [3.05, 3.63) is 0 Å². The zero-order valence-corrected chi connectivity index (χ0v) is 6.53. The van der Waals surface area contributed by atoms with Crippen molar-refractivity contribution in [2.45, 2.75) is 19.1 Å². The Hall–Kier alpha value is -0.610. The zero-order valence-electron chi connectivity index (χ0n) is 6.53. The molecule has 1 amide bonds. The topological polar surface area (TPSA) is 66.6 Å². The minimum Gasteiger partial charge on any atom is -0.391 e. The Morgan fingerprint density at radius 3 is 2.10 bits per heavy atom. The molecule has 2 atom stereocenters. The molecule has 0 fully saturated rings. The highest BCUT2D eigenvalue weighted by Gasteiger charge is 2.19. The highest BCUT2D eigenvalue weighted by molar-refractivity contribution is 5.81. The van der Waals surface area contributed by atoms with Gasteiger partial charge in [-0.15, -0.1) is 0 Å². The van der Waals surface area contributed by atoms with Gasteiger partial charge in [0.2, 0.25) is 5.91 Å². The van der Waals surface area contributed by atoms with Gasteiger partial charge < -0.3 is 15.7 Å². The molecule has 0 aromatic heterocycles. The molecular weight excluding hydrogens is 132 g/mol. The van der Waals surface area contributed by atoms with Crippen molar-refractivity contribution in [3.63, 3.8) is 0 Å². The van der Waals surface area contributed by atoms with Crippen LogP contribution in [0.25, 0.3) is 0 Å². The van der Waals surface area contributed by atoms with Gasteiger partial charge in [-0.1, -0.05) is 0 Å². The number of rotatable bonds is 2. The second-order valence-corrected chi connectivity index (χ2v) is 2.50. The third kappa shape index (κ3) is 2.33. The lowest BCUT2D eigenvalue weighted by Crippen LogP contribution is -2.46. The minimum absolute atomic E-state index is 0.255. The fourth-order valence-electron chi connectivity index (χ4n) is 0.504. The Labute approximate surface area is 60.6 Å². The molecule has 3 N–H and O–H groups in total. The van der Waals surface area contributed by atoms with Crippen LogP contribution in [0.2, 0.25) is 0 Å². The quantitative estimate of drug-likeness (QED) is 0.513. The summed E-state index contributed by atoms with van der Waals surface area (Å²) in [6, 6.07) is -0.796. The number of carbonyl (C=O) groups excluding carboxylic acids is 1. The highest BCUT2D eigenvalue weighted by Crippen LogP contribution is 1.91. The predicted molar refractivity (Wildman–Crippen MR) is 38.4 cm³/mol. The lowest BCUT2D eigenvalue weighted by Gasteiger charge is -2.18. The van der Waals surface area contributed by atoms with Crippen LogP contribution in [0.1, 0.15) is 6.92 Å². The van der Waals surface area contributed by atoms with Crippen molar-refractivity contribution in [1.82, 2.24) is 4.90 Å². The molecule has 4 heteroatoms. The summed E-state index contributed by atoms with van der Waals surface area (Å²) < 4.78 is 0. The maximum Gasteiger partial charge on any atom is 0.241 e. The van der Waals surface area contributed by atoms with E-state index in [1.54, 1.807) is 14.1 Å². The van der Waals surface area contributed by atoms with E-state index in [0.29, 0.717) is 0 Å². The average molecular weight is 146 g/mol. The first-order valence-corrected chi connectivity index (χ1v) is 3.11. The van der Waals surface area contributed by atoms with Gasteiger partial charge >= 0.3 is 0 Å². The number of aliphatic hydroxyl groups excluding tert-OH is 1. The molecule has 0 saturated heterocycles. The summed E-state index contributed by atoms with van der Waals surface area (Å²) in [5.41, 5.74) is 5.32. The van der Waals surface area contributed by atoms with Crippen LogP contribution in [0, 0.1) is 0 Å². The van der Waals surface area contributed by atoms with Crippen LogP contribution < -0.4 is 5.73 Å². The molecular formula is C6H14N2O2. The van der Waals surface area contributed by atoms with Crippen LogP contribution in [0.4, 0.5) is 0 Å². The molecule has 0 aromatic carbocycles. The van der Waals surface area contributed by atoms with Crippen LogP contribution in [0.15, 0.2) is 0 Å². The van der Waals surface area contributed by atoms with Crippen molar-refractivity contribution >= 4 is 5.91 Å². The summed E-state index contributed by atoms with van der Waals surface area (Å²) in [5, 5.41) is 8.87. The first kappa shape index (κ1) is 9.39. The molecule has 10 heavy (non-hydrogen) atoms. The first-order chi connectivity index (χ1) is 4.46. The number of hydrogen-bond donors (Lipinski definition) is 2. The molecule has 0 spiro atoms. The first-order valence-electron chi connectivity index (χ1n) is 3.11. The van der Waals surface area contributed by atoms with Gasteiger partial charge in [0.1, 0.15) is 6.04 Å². The Morgan fingerprint density at radius 1 is 1.60 bits per heavy atom. The maximum absolute atomic E-state index is 10.9. The van der Waals surface area contributed by atoms with Crippen molar-refractivity contribution in [1.29, 1.82) is 0 Å². The smallest absolute Gasteiger partial charge is 0.241 e. The summed E-state index contributed by atoms with van der Waals surface area (Å²) in [4.78, 5) is 12.3. The largest absolute Gasteiger partial charge is 0.391 e. The Kier molecular flexibility index (Phi) is 3.32. The fraction of sp³-hybridized carbons (Fsp3) is 0.833. The van der Waals surface area contributed by atoms with Crippen LogP contribution in [0.5, 0.6) is 0 Å². The molecule has 0 aliphatic heterocycles. The molecule has 0 aliphatic carbocycles. The molecule has 0 rings (SSSR count).